The number of anilines is 3. The van der Waals surface area contributed by atoms with Crippen LogP contribution in [0.15, 0.2) is 72.8 Å². The van der Waals surface area contributed by atoms with Gasteiger partial charge in [0.2, 0.25) is 0 Å². The Bertz CT molecular complexity index is 1270. The summed E-state index contributed by atoms with van der Waals surface area (Å²) in [5, 5.41) is 0. The Morgan fingerprint density at radius 1 is 0.633 bits per heavy atom. The molecule has 0 spiro atoms. The van der Waals surface area contributed by atoms with E-state index in [9.17, 15) is 4.79 Å². The first-order valence-corrected chi connectivity index (χ1v) is 17.5. The smallest absolute Gasteiger partial charge is 0.167 e. The third-order valence-electron chi connectivity index (χ3n) is 7.32. The number of Topliss-reactive ketones (excluding diaryl/α,β-unsaturated/α-hetero) is 1. The molecule has 274 valence electrons. The standard InChI is InChI=1S/C14H24N2O.C11H15NO2.C11H17NO.C4H8O/c1-5-16(6-2)10-11-17-14-9-7-8-13(12-14)15(3)4;1-9(13)8-14-11-6-4-5-10(7-11)12(2)3;1-4-8-13-11-7-5-6-10(9-11)12(2)3;1-2-4-5-3-1/h7-9,12H,5-6,10-11H2,1-4H3;4-7H,8H2,1-3H3;5-7,9H,4,8H2,1-3H3;1-4H2. The van der Waals surface area contributed by atoms with Crippen LogP contribution >= 0.6 is 0 Å². The fourth-order valence-electron chi connectivity index (χ4n) is 4.30. The molecule has 1 saturated heterocycles. The van der Waals surface area contributed by atoms with Crippen LogP contribution in [0.3, 0.4) is 0 Å². The number of ether oxygens (including phenoxy) is 4. The Balaban J connectivity index is 0.000000344. The minimum Gasteiger partial charge on any atom is -0.494 e. The van der Waals surface area contributed by atoms with Gasteiger partial charge in [-0.25, -0.2) is 0 Å². The fourth-order valence-corrected chi connectivity index (χ4v) is 4.30. The Morgan fingerprint density at radius 3 is 1.37 bits per heavy atom. The predicted molar refractivity (Wildman–Crippen MR) is 208 cm³/mol. The average molecular weight is 681 g/mol. The van der Waals surface area contributed by atoms with Gasteiger partial charge in [0.1, 0.15) is 30.5 Å². The maximum absolute atomic E-state index is 10.7. The van der Waals surface area contributed by atoms with Crippen LogP contribution in [0.25, 0.3) is 0 Å². The Hall–Kier alpha value is -3.95. The number of carbonyl (C=O) groups is 1. The van der Waals surface area contributed by atoms with E-state index in [1.54, 1.807) is 0 Å². The summed E-state index contributed by atoms with van der Waals surface area (Å²) in [7, 11) is 12.1. The lowest BCUT2D eigenvalue weighted by Crippen LogP contribution is -2.27. The van der Waals surface area contributed by atoms with Gasteiger partial charge < -0.3 is 38.5 Å². The number of ketones is 1. The summed E-state index contributed by atoms with van der Waals surface area (Å²) >= 11 is 0. The van der Waals surface area contributed by atoms with Gasteiger partial charge in [-0.1, -0.05) is 39.0 Å². The molecule has 0 radical (unpaired) electrons. The molecule has 0 unspecified atom stereocenters. The lowest BCUT2D eigenvalue weighted by molar-refractivity contribution is -0.118. The molecule has 0 bridgehead atoms. The van der Waals surface area contributed by atoms with E-state index in [0.29, 0.717) is 0 Å². The number of nitrogens with zero attached hydrogens (tertiary/aromatic N) is 4. The SMILES string of the molecule is C1CCOC1.CC(=O)COc1cccc(N(C)C)c1.CCCOc1cccc(N(C)C)c1.CCN(CC)CCOc1cccc(N(C)C)c1. The lowest BCUT2D eigenvalue weighted by atomic mass is 10.3. The predicted octanol–water partition coefficient (Wildman–Crippen LogP) is 7.53. The van der Waals surface area contributed by atoms with Crippen LogP contribution in [0.2, 0.25) is 0 Å². The van der Waals surface area contributed by atoms with Gasteiger partial charge >= 0.3 is 0 Å². The molecule has 3 aromatic rings. The van der Waals surface area contributed by atoms with Crippen LogP contribution in [0.1, 0.15) is 47.0 Å². The lowest BCUT2D eigenvalue weighted by Gasteiger charge is -2.18. The molecule has 0 saturated carbocycles. The third kappa shape index (κ3) is 20.2. The largest absolute Gasteiger partial charge is 0.494 e. The van der Waals surface area contributed by atoms with E-state index in [2.05, 4.69) is 59.7 Å². The summed E-state index contributed by atoms with van der Waals surface area (Å²) in [5.74, 6) is 2.66. The quantitative estimate of drug-likeness (QED) is 0.162. The minimum absolute atomic E-state index is 0.0280. The van der Waals surface area contributed by atoms with Crippen LogP contribution in [0.5, 0.6) is 17.2 Å². The monoisotopic (exact) mass is 680 g/mol. The molecule has 1 heterocycles. The van der Waals surface area contributed by atoms with Gasteiger partial charge in [-0.3, -0.25) is 4.79 Å². The van der Waals surface area contributed by atoms with E-state index in [1.807, 2.05) is 95.7 Å². The summed E-state index contributed by atoms with van der Waals surface area (Å²) in [4.78, 5) is 19.2. The van der Waals surface area contributed by atoms with Crippen LogP contribution in [-0.2, 0) is 9.53 Å². The number of likely N-dealkylation sites (N-methyl/N-ethyl adjacent to an activating group) is 1. The highest BCUT2D eigenvalue weighted by Crippen LogP contribution is 2.21. The molecule has 0 aromatic heterocycles. The van der Waals surface area contributed by atoms with E-state index in [-0.39, 0.29) is 12.4 Å². The summed E-state index contributed by atoms with van der Waals surface area (Å²) in [6, 6.07) is 24.0. The molecule has 0 atom stereocenters. The van der Waals surface area contributed by atoms with Crippen molar-refractivity contribution in [3.05, 3.63) is 72.8 Å². The van der Waals surface area contributed by atoms with Gasteiger partial charge in [0.05, 0.1) is 6.61 Å². The van der Waals surface area contributed by atoms with Crippen molar-refractivity contribution < 1.29 is 23.7 Å². The van der Waals surface area contributed by atoms with Gasteiger partial charge in [0.25, 0.3) is 0 Å². The summed E-state index contributed by atoms with van der Waals surface area (Å²) in [6.07, 6.45) is 3.60. The molecule has 3 aromatic carbocycles. The van der Waals surface area contributed by atoms with Crippen molar-refractivity contribution in [2.45, 2.75) is 47.0 Å². The molecule has 0 aliphatic carbocycles. The number of carbonyl (C=O) groups excluding carboxylic acids is 1. The fraction of sp³-hybridized carbons (Fsp3) is 0.525. The highest BCUT2D eigenvalue weighted by Gasteiger charge is 2.02. The number of hydrogen-bond donors (Lipinski definition) is 0. The molecule has 9 heteroatoms. The van der Waals surface area contributed by atoms with Crippen molar-refractivity contribution >= 4 is 22.8 Å². The molecule has 1 aliphatic rings. The molecule has 9 nitrogen and oxygen atoms in total. The van der Waals surface area contributed by atoms with E-state index < -0.39 is 0 Å². The van der Waals surface area contributed by atoms with Crippen molar-refractivity contribution in [3.63, 3.8) is 0 Å². The maximum atomic E-state index is 10.7. The second-order valence-electron chi connectivity index (χ2n) is 12.2. The Labute approximate surface area is 297 Å². The van der Waals surface area contributed by atoms with Crippen LogP contribution in [0.4, 0.5) is 17.1 Å². The molecule has 4 rings (SSSR count). The van der Waals surface area contributed by atoms with Crippen molar-refractivity contribution in [1.82, 2.24) is 4.90 Å². The van der Waals surface area contributed by atoms with E-state index in [4.69, 9.17) is 18.9 Å². The number of rotatable bonds is 15. The van der Waals surface area contributed by atoms with Gasteiger partial charge in [0.15, 0.2) is 5.78 Å². The zero-order valence-corrected chi connectivity index (χ0v) is 32.0. The van der Waals surface area contributed by atoms with Gasteiger partial charge in [-0.05, 0) is 75.7 Å². The van der Waals surface area contributed by atoms with Gasteiger partial charge in [0, 0.05) is 97.3 Å². The second kappa shape index (κ2) is 26.0. The Kier molecular flexibility index (Phi) is 22.8. The maximum Gasteiger partial charge on any atom is 0.167 e. The van der Waals surface area contributed by atoms with Crippen LogP contribution in [0, 0.1) is 0 Å². The van der Waals surface area contributed by atoms with E-state index in [1.165, 1.54) is 31.1 Å². The number of hydrogen-bond acceptors (Lipinski definition) is 9. The third-order valence-corrected chi connectivity index (χ3v) is 7.32. The summed E-state index contributed by atoms with van der Waals surface area (Å²) in [6.45, 7) is 14.8. The molecule has 1 fully saturated rings. The molecule has 1 aliphatic heterocycles. The van der Waals surface area contributed by atoms with Crippen LogP contribution < -0.4 is 28.9 Å². The first-order chi connectivity index (χ1) is 23.5. The molecule has 0 amide bonds. The van der Waals surface area contributed by atoms with E-state index in [0.717, 1.165) is 75.4 Å². The van der Waals surface area contributed by atoms with E-state index >= 15 is 0 Å². The average Bonchev–Trinajstić information content (AvgIpc) is 3.70. The first-order valence-electron chi connectivity index (χ1n) is 17.5. The topological polar surface area (TPSA) is 67.0 Å². The summed E-state index contributed by atoms with van der Waals surface area (Å²) < 4.78 is 21.5. The number of benzene rings is 3. The minimum atomic E-state index is 0.0280. The Morgan fingerprint density at radius 2 is 1.04 bits per heavy atom. The van der Waals surface area contributed by atoms with Crippen molar-refractivity contribution in [2.24, 2.45) is 0 Å². The molecule has 0 N–H and O–H groups in total. The normalized spacial score (nSPS) is 11.5. The second-order valence-corrected chi connectivity index (χ2v) is 12.2. The van der Waals surface area contributed by atoms with Crippen molar-refractivity contribution in [3.8, 4) is 17.2 Å². The van der Waals surface area contributed by atoms with Crippen molar-refractivity contribution in [2.75, 3.05) is 110 Å². The van der Waals surface area contributed by atoms with Crippen LogP contribution in [-0.4, -0.2) is 106 Å². The zero-order chi connectivity index (χ0) is 36.4. The molecule has 49 heavy (non-hydrogen) atoms. The molecular weight excluding hydrogens is 616 g/mol. The van der Waals surface area contributed by atoms with Crippen molar-refractivity contribution in [1.29, 1.82) is 0 Å². The van der Waals surface area contributed by atoms with Gasteiger partial charge in [-0.2, -0.15) is 0 Å². The summed E-state index contributed by atoms with van der Waals surface area (Å²) in [5.41, 5.74) is 3.41. The highest BCUT2D eigenvalue weighted by atomic mass is 16.5. The zero-order valence-electron chi connectivity index (χ0n) is 32.0. The first kappa shape index (κ1) is 43.1. The highest BCUT2D eigenvalue weighted by molar-refractivity contribution is 5.77. The van der Waals surface area contributed by atoms with Gasteiger partial charge in [-0.15, -0.1) is 0 Å². The molecular formula is C40H64N4O5.